The van der Waals surface area contributed by atoms with E-state index >= 15 is 0 Å². The number of hydrogen-bond acceptors (Lipinski definition) is 1. The molecule has 0 fully saturated rings. The molecule has 0 aliphatic rings. The third-order valence-electron chi connectivity index (χ3n) is 6.68. The summed E-state index contributed by atoms with van der Waals surface area (Å²) >= 11 is 0. The van der Waals surface area contributed by atoms with E-state index in [0.29, 0.717) is 0 Å². The highest BCUT2D eigenvalue weighted by Crippen LogP contribution is 2.44. The molecular formula is C30H20N2O. The van der Waals surface area contributed by atoms with Crippen molar-refractivity contribution in [1.82, 2.24) is 9.97 Å². The van der Waals surface area contributed by atoms with Gasteiger partial charge in [-0.15, -0.1) is 0 Å². The highest BCUT2D eigenvalue weighted by Gasteiger charge is 2.19. The number of fused-ring (bicyclic) bond motifs is 6. The van der Waals surface area contributed by atoms with Crippen LogP contribution in [0.5, 0.6) is 5.75 Å². The van der Waals surface area contributed by atoms with Gasteiger partial charge in [-0.25, -0.2) is 0 Å². The summed E-state index contributed by atoms with van der Waals surface area (Å²) in [7, 11) is 0. The second-order valence-corrected chi connectivity index (χ2v) is 8.50. The highest BCUT2D eigenvalue weighted by molar-refractivity contribution is 6.16. The summed E-state index contributed by atoms with van der Waals surface area (Å²) in [6, 6.07) is 35.1. The summed E-state index contributed by atoms with van der Waals surface area (Å²) in [5.41, 5.74) is 8.21. The van der Waals surface area contributed by atoms with Gasteiger partial charge in [0.05, 0.1) is 11.0 Å². The van der Waals surface area contributed by atoms with Crippen LogP contribution in [0.15, 0.2) is 103 Å². The van der Waals surface area contributed by atoms with Crippen molar-refractivity contribution in [3.05, 3.63) is 103 Å². The lowest BCUT2D eigenvalue weighted by Crippen LogP contribution is -1.89. The van der Waals surface area contributed by atoms with E-state index in [4.69, 9.17) is 0 Å². The van der Waals surface area contributed by atoms with Crippen LogP contribution >= 0.6 is 0 Å². The smallest absolute Gasteiger partial charge is 0.124 e. The minimum absolute atomic E-state index is 0.270. The lowest BCUT2D eigenvalue weighted by Gasteiger charge is -2.14. The lowest BCUT2D eigenvalue weighted by atomic mass is 9.91. The Hall–Kier alpha value is -4.50. The van der Waals surface area contributed by atoms with Crippen molar-refractivity contribution in [3.8, 4) is 28.0 Å². The number of H-pyrrole nitrogens is 2. The fourth-order valence-electron chi connectivity index (χ4n) is 5.23. The van der Waals surface area contributed by atoms with Gasteiger partial charge in [0.1, 0.15) is 5.75 Å². The van der Waals surface area contributed by atoms with Crippen molar-refractivity contribution in [1.29, 1.82) is 0 Å². The van der Waals surface area contributed by atoms with Crippen LogP contribution in [0.3, 0.4) is 0 Å². The Morgan fingerprint density at radius 1 is 0.424 bits per heavy atom. The van der Waals surface area contributed by atoms with Gasteiger partial charge in [0.2, 0.25) is 0 Å². The first-order chi connectivity index (χ1) is 16.3. The van der Waals surface area contributed by atoms with Crippen molar-refractivity contribution in [2.75, 3.05) is 0 Å². The van der Waals surface area contributed by atoms with Crippen molar-refractivity contribution in [3.63, 3.8) is 0 Å². The molecule has 0 spiro atoms. The fraction of sp³-hybridized carbons (Fsp3) is 0. The predicted molar refractivity (Wildman–Crippen MR) is 138 cm³/mol. The third kappa shape index (κ3) is 2.56. The van der Waals surface area contributed by atoms with E-state index in [2.05, 4.69) is 88.8 Å². The molecule has 3 nitrogen and oxygen atoms in total. The van der Waals surface area contributed by atoms with Gasteiger partial charge in [0, 0.05) is 49.3 Å². The van der Waals surface area contributed by atoms with Crippen molar-refractivity contribution in [2.45, 2.75) is 0 Å². The van der Waals surface area contributed by atoms with E-state index in [1.165, 1.54) is 16.2 Å². The number of nitrogens with one attached hydrogen (secondary N) is 2. The summed E-state index contributed by atoms with van der Waals surface area (Å²) in [5, 5.41) is 15.9. The zero-order chi connectivity index (χ0) is 21.9. The van der Waals surface area contributed by atoms with Crippen LogP contribution in [-0.4, -0.2) is 15.1 Å². The normalized spacial score (nSPS) is 11.8. The molecule has 0 saturated heterocycles. The monoisotopic (exact) mass is 424 g/mol. The fourth-order valence-corrected chi connectivity index (χ4v) is 5.23. The summed E-state index contributed by atoms with van der Waals surface area (Å²) in [5.74, 6) is 0.270. The number of phenols is 1. The zero-order valence-electron chi connectivity index (χ0n) is 17.8. The van der Waals surface area contributed by atoms with Crippen LogP contribution in [-0.2, 0) is 0 Å². The van der Waals surface area contributed by atoms with Crippen molar-refractivity contribution >= 4 is 43.6 Å². The maximum Gasteiger partial charge on any atom is 0.124 e. The Bertz CT molecular complexity index is 1840. The quantitative estimate of drug-likeness (QED) is 0.259. The molecule has 2 heterocycles. The molecule has 0 radical (unpaired) electrons. The van der Waals surface area contributed by atoms with Gasteiger partial charge in [0.15, 0.2) is 0 Å². The van der Waals surface area contributed by atoms with Crippen LogP contribution in [0.4, 0.5) is 0 Å². The molecule has 3 heteroatoms. The first-order valence-electron chi connectivity index (χ1n) is 11.1. The van der Waals surface area contributed by atoms with Crippen molar-refractivity contribution in [2.24, 2.45) is 0 Å². The molecule has 0 atom stereocenters. The van der Waals surface area contributed by atoms with Crippen LogP contribution in [0.25, 0.3) is 65.9 Å². The van der Waals surface area contributed by atoms with Gasteiger partial charge in [-0.1, -0.05) is 84.9 Å². The number of benzene rings is 5. The lowest BCUT2D eigenvalue weighted by molar-refractivity contribution is 0.477. The van der Waals surface area contributed by atoms with Crippen LogP contribution in [0.1, 0.15) is 0 Å². The average molecular weight is 425 g/mol. The molecular weight excluding hydrogens is 404 g/mol. The highest BCUT2D eigenvalue weighted by atomic mass is 16.3. The first kappa shape index (κ1) is 18.1. The predicted octanol–water partition coefficient (Wildman–Crippen LogP) is 8.00. The minimum atomic E-state index is 0.270. The molecule has 33 heavy (non-hydrogen) atoms. The van der Waals surface area contributed by atoms with Gasteiger partial charge in [-0.2, -0.15) is 0 Å². The molecule has 0 aliphatic carbocycles. The van der Waals surface area contributed by atoms with E-state index in [1.54, 1.807) is 6.07 Å². The molecule has 0 aliphatic heterocycles. The zero-order valence-corrected chi connectivity index (χ0v) is 17.8. The summed E-state index contributed by atoms with van der Waals surface area (Å²) in [4.78, 5) is 7.20. The molecule has 5 aromatic carbocycles. The van der Waals surface area contributed by atoms with Crippen LogP contribution in [0.2, 0.25) is 0 Å². The molecule has 7 aromatic rings. The Balaban J connectivity index is 1.58. The Kier molecular flexibility index (Phi) is 3.70. The second-order valence-electron chi connectivity index (χ2n) is 8.50. The van der Waals surface area contributed by atoms with E-state index in [-0.39, 0.29) is 5.75 Å². The van der Waals surface area contributed by atoms with Crippen molar-refractivity contribution < 1.29 is 5.11 Å². The maximum absolute atomic E-state index is 11.1. The van der Waals surface area contributed by atoms with E-state index in [9.17, 15) is 5.11 Å². The number of aromatic hydroxyl groups is 1. The molecule has 7 rings (SSSR count). The van der Waals surface area contributed by atoms with Gasteiger partial charge >= 0.3 is 0 Å². The van der Waals surface area contributed by atoms with Gasteiger partial charge in [-0.05, 0) is 23.8 Å². The molecule has 2 aromatic heterocycles. The Labute approximate surface area is 189 Å². The maximum atomic E-state index is 11.1. The summed E-state index contributed by atoms with van der Waals surface area (Å²) < 4.78 is 0. The molecule has 0 bridgehead atoms. The number of aromatic amines is 2. The Morgan fingerprint density at radius 2 is 0.909 bits per heavy atom. The SMILES string of the molecule is Oc1cccc(-c2cccc3c2[nH]c2ccccc23)c1-c1cccc2c1[nH]c1ccccc12. The average Bonchev–Trinajstić information content (AvgIpc) is 3.42. The molecule has 0 unspecified atom stereocenters. The standard InChI is InChI=1S/C30H20N2O/c33-27-17-7-10-20(23-13-5-11-21-18-8-1-3-15-25(18)31-29(21)23)28(27)24-14-6-12-22-19-9-2-4-16-26(19)32-30(22)24/h1-17,31-33H. The van der Waals surface area contributed by atoms with E-state index < -0.39 is 0 Å². The van der Waals surface area contributed by atoms with Gasteiger partial charge in [-0.3, -0.25) is 0 Å². The number of aromatic nitrogens is 2. The molecule has 156 valence electrons. The third-order valence-corrected chi connectivity index (χ3v) is 6.68. The number of para-hydroxylation sites is 4. The summed E-state index contributed by atoms with van der Waals surface area (Å²) in [6.45, 7) is 0. The van der Waals surface area contributed by atoms with Crippen LogP contribution < -0.4 is 0 Å². The summed E-state index contributed by atoms with van der Waals surface area (Å²) in [6.07, 6.45) is 0. The van der Waals surface area contributed by atoms with Crippen LogP contribution in [0, 0.1) is 0 Å². The number of hydrogen-bond donors (Lipinski definition) is 3. The first-order valence-corrected chi connectivity index (χ1v) is 11.1. The number of phenolic OH excluding ortho intramolecular Hbond substituents is 1. The Morgan fingerprint density at radius 3 is 1.58 bits per heavy atom. The largest absolute Gasteiger partial charge is 0.507 e. The van der Waals surface area contributed by atoms with E-state index in [1.807, 2.05) is 18.2 Å². The number of rotatable bonds is 2. The molecule has 3 N–H and O–H groups in total. The topological polar surface area (TPSA) is 51.8 Å². The van der Waals surface area contributed by atoms with Gasteiger partial charge < -0.3 is 15.1 Å². The molecule has 0 amide bonds. The minimum Gasteiger partial charge on any atom is -0.507 e. The van der Waals surface area contributed by atoms with E-state index in [0.717, 1.165) is 49.7 Å². The second kappa shape index (κ2) is 6.75. The van der Waals surface area contributed by atoms with Gasteiger partial charge in [0.25, 0.3) is 0 Å². The molecule has 0 saturated carbocycles.